The number of fused-ring (bicyclic) bond motifs is 2. The van der Waals surface area contributed by atoms with Gasteiger partial charge in [0, 0.05) is 50.9 Å². The fourth-order valence-corrected chi connectivity index (χ4v) is 5.45. The van der Waals surface area contributed by atoms with Crippen molar-refractivity contribution < 1.29 is 14.3 Å². The summed E-state index contributed by atoms with van der Waals surface area (Å²) in [5.74, 6) is -1.78. The van der Waals surface area contributed by atoms with Crippen molar-refractivity contribution in [2.24, 2.45) is 0 Å². The van der Waals surface area contributed by atoms with Gasteiger partial charge in [-0.05, 0) is 61.4 Å². The molecule has 2 aliphatic rings. The molecule has 2 heterocycles. The molecule has 1 aliphatic carbocycles. The molecule has 34 heavy (non-hydrogen) atoms. The van der Waals surface area contributed by atoms with Crippen LogP contribution in [0.15, 0.2) is 41.3 Å². The first-order chi connectivity index (χ1) is 16.5. The van der Waals surface area contributed by atoms with Gasteiger partial charge in [0.15, 0.2) is 0 Å². The van der Waals surface area contributed by atoms with Gasteiger partial charge in [-0.15, -0.1) is 0 Å². The quantitative estimate of drug-likeness (QED) is 0.618. The number of piperazine rings is 1. The van der Waals surface area contributed by atoms with Crippen molar-refractivity contribution in [3.63, 3.8) is 0 Å². The summed E-state index contributed by atoms with van der Waals surface area (Å²) in [6.07, 6.45) is 6.23. The molecule has 1 fully saturated rings. The Bertz CT molecular complexity index is 1310. The zero-order chi connectivity index (χ0) is 23.8. The molecule has 0 radical (unpaired) electrons. The number of hydrogen-bond acceptors (Lipinski definition) is 4. The van der Waals surface area contributed by atoms with Gasteiger partial charge < -0.3 is 14.6 Å². The van der Waals surface area contributed by atoms with Gasteiger partial charge in [-0.1, -0.05) is 18.2 Å². The summed E-state index contributed by atoms with van der Waals surface area (Å²) in [5.41, 5.74) is 4.49. The number of carboxylic acid groups (broad SMARTS) is 1. The van der Waals surface area contributed by atoms with E-state index in [0.717, 1.165) is 26.1 Å². The van der Waals surface area contributed by atoms with E-state index < -0.39 is 17.2 Å². The number of pyridine rings is 1. The molecule has 1 saturated heterocycles. The molecule has 1 aromatic heterocycles. The maximum Gasteiger partial charge on any atom is 0.341 e. The summed E-state index contributed by atoms with van der Waals surface area (Å²) in [5, 5.41) is 9.46. The number of carbonyl (C=O) groups is 1. The van der Waals surface area contributed by atoms with Crippen molar-refractivity contribution in [1.82, 2.24) is 9.47 Å². The highest BCUT2D eigenvalue weighted by molar-refractivity contribution is 5.93. The maximum atomic E-state index is 15.1. The van der Waals surface area contributed by atoms with Crippen molar-refractivity contribution in [3.05, 3.63) is 74.8 Å². The van der Waals surface area contributed by atoms with Crippen LogP contribution in [0.5, 0.6) is 0 Å². The normalized spacial score (nSPS) is 16.6. The predicted molar refractivity (Wildman–Crippen MR) is 131 cm³/mol. The average molecular weight is 464 g/mol. The van der Waals surface area contributed by atoms with Crippen LogP contribution in [0.1, 0.15) is 46.8 Å². The number of hydrogen-bond donors (Lipinski definition) is 1. The number of nitrogens with zero attached hydrogens (tertiary/aromatic N) is 3. The van der Waals surface area contributed by atoms with Gasteiger partial charge in [0.1, 0.15) is 11.4 Å². The molecule has 0 unspecified atom stereocenters. The molecule has 0 bridgehead atoms. The Labute approximate surface area is 198 Å². The number of benzene rings is 2. The molecule has 7 heteroatoms. The van der Waals surface area contributed by atoms with E-state index in [1.807, 2.05) is 11.8 Å². The molecule has 0 saturated carbocycles. The summed E-state index contributed by atoms with van der Waals surface area (Å²) in [4.78, 5) is 28.5. The predicted octanol–water partition coefficient (Wildman–Crippen LogP) is 4.06. The second-order valence-electron chi connectivity index (χ2n) is 9.31. The first-order valence-corrected chi connectivity index (χ1v) is 12.1. The highest BCUT2D eigenvalue weighted by atomic mass is 19.1. The molecule has 1 N–H and O–H groups in total. The van der Waals surface area contributed by atoms with Crippen molar-refractivity contribution in [3.8, 4) is 0 Å². The highest BCUT2D eigenvalue weighted by Gasteiger charge is 2.23. The molecular weight excluding hydrogens is 433 g/mol. The van der Waals surface area contributed by atoms with Crippen molar-refractivity contribution in [2.75, 3.05) is 31.1 Å². The van der Waals surface area contributed by atoms with Crippen molar-refractivity contribution >= 4 is 22.6 Å². The van der Waals surface area contributed by atoms with E-state index >= 15 is 4.39 Å². The molecule has 3 aromatic rings. The lowest BCUT2D eigenvalue weighted by Gasteiger charge is -2.37. The number of aromatic nitrogens is 1. The van der Waals surface area contributed by atoms with E-state index in [1.54, 1.807) is 10.6 Å². The lowest BCUT2D eigenvalue weighted by atomic mass is 9.88. The topological polar surface area (TPSA) is 65.8 Å². The second kappa shape index (κ2) is 9.22. The first kappa shape index (κ1) is 22.6. The monoisotopic (exact) mass is 463 g/mol. The van der Waals surface area contributed by atoms with E-state index in [2.05, 4.69) is 23.1 Å². The number of anilines is 1. The number of aromatic carboxylic acids is 1. The Morgan fingerprint density at radius 1 is 1.09 bits per heavy atom. The molecule has 178 valence electrons. The Morgan fingerprint density at radius 2 is 1.85 bits per heavy atom. The fourth-order valence-electron chi connectivity index (χ4n) is 5.45. The van der Waals surface area contributed by atoms with Crippen LogP contribution in [0.3, 0.4) is 0 Å². The van der Waals surface area contributed by atoms with E-state index in [9.17, 15) is 14.7 Å². The Morgan fingerprint density at radius 3 is 2.59 bits per heavy atom. The van der Waals surface area contributed by atoms with Gasteiger partial charge >= 0.3 is 5.97 Å². The maximum absolute atomic E-state index is 15.1. The van der Waals surface area contributed by atoms with E-state index in [4.69, 9.17) is 0 Å². The molecule has 0 amide bonds. The molecule has 1 aliphatic heterocycles. The van der Waals surface area contributed by atoms with E-state index in [1.165, 1.54) is 48.2 Å². The van der Waals surface area contributed by atoms with Gasteiger partial charge in [0.05, 0.1) is 11.2 Å². The van der Waals surface area contributed by atoms with Crippen LogP contribution in [0.25, 0.3) is 10.9 Å². The largest absolute Gasteiger partial charge is 0.477 e. The summed E-state index contributed by atoms with van der Waals surface area (Å²) >= 11 is 0. The minimum Gasteiger partial charge on any atom is -0.477 e. The molecule has 2 aromatic carbocycles. The van der Waals surface area contributed by atoms with Crippen LogP contribution in [0.4, 0.5) is 10.1 Å². The Hall–Kier alpha value is -3.19. The summed E-state index contributed by atoms with van der Waals surface area (Å²) in [7, 11) is 0. The SMILES string of the molecule is CCn1cc(C(=O)O)c(=O)c2cc(F)c(N3CCN(Cc4cccc5c4CCCC5)CC3)cc21. The standard InChI is InChI=1S/C27H30FN3O3/c1-2-30-17-22(27(33)34)26(32)21-14-23(28)25(15-24(21)30)31-12-10-29(11-13-31)16-19-8-5-7-18-6-3-4-9-20(18)19/h5,7-8,14-15,17H,2-4,6,9-13,16H2,1H3,(H,33,34). The number of carboxylic acids is 1. The van der Waals surface area contributed by atoms with Crippen LogP contribution in [0, 0.1) is 5.82 Å². The zero-order valence-corrected chi connectivity index (χ0v) is 19.5. The average Bonchev–Trinajstić information content (AvgIpc) is 2.85. The second-order valence-corrected chi connectivity index (χ2v) is 9.31. The smallest absolute Gasteiger partial charge is 0.341 e. The molecule has 5 rings (SSSR count). The minimum atomic E-state index is -1.30. The number of rotatable bonds is 5. The van der Waals surface area contributed by atoms with Gasteiger partial charge in [-0.3, -0.25) is 9.69 Å². The van der Waals surface area contributed by atoms with Crippen LogP contribution >= 0.6 is 0 Å². The van der Waals surface area contributed by atoms with Crippen LogP contribution in [0.2, 0.25) is 0 Å². The van der Waals surface area contributed by atoms with Crippen molar-refractivity contribution in [1.29, 1.82) is 0 Å². The Kier molecular flexibility index (Phi) is 6.13. The summed E-state index contributed by atoms with van der Waals surface area (Å²) in [6.45, 7) is 6.34. The minimum absolute atomic E-state index is 0.107. The molecule has 6 nitrogen and oxygen atoms in total. The van der Waals surface area contributed by atoms with E-state index in [0.29, 0.717) is 30.8 Å². The summed E-state index contributed by atoms with van der Waals surface area (Å²) < 4.78 is 16.8. The van der Waals surface area contributed by atoms with Gasteiger partial charge in [-0.25, -0.2) is 9.18 Å². The highest BCUT2D eigenvalue weighted by Crippen LogP contribution is 2.28. The van der Waals surface area contributed by atoms with Crippen LogP contribution in [-0.4, -0.2) is 46.7 Å². The lowest BCUT2D eigenvalue weighted by molar-refractivity contribution is 0.0695. The molecular formula is C27H30FN3O3. The van der Waals surface area contributed by atoms with Crippen molar-refractivity contribution in [2.45, 2.75) is 45.7 Å². The van der Waals surface area contributed by atoms with Crippen LogP contribution < -0.4 is 10.3 Å². The Balaban J connectivity index is 1.37. The summed E-state index contributed by atoms with van der Waals surface area (Å²) in [6, 6.07) is 9.57. The molecule has 0 atom stereocenters. The van der Waals surface area contributed by atoms with Gasteiger partial charge in [0.25, 0.3) is 0 Å². The zero-order valence-electron chi connectivity index (χ0n) is 19.5. The number of halogens is 1. The van der Waals surface area contributed by atoms with Crippen LogP contribution in [-0.2, 0) is 25.9 Å². The third kappa shape index (κ3) is 4.09. The molecule has 0 spiro atoms. The number of aryl methyl sites for hydroxylation is 2. The first-order valence-electron chi connectivity index (χ1n) is 12.1. The van der Waals surface area contributed by atoms with Gasteiger partial charge in [0.2, 0.25) is 5.43 Å². The third-order valence-electron chi connectivity index (χ3n) is 7.32. The third-order valence-corrected chi connectivity index (χ3v) is 7.32. The fraction of sp³-hybridized carbons (Fsp3) is 0.407. The van der Waals surface area contributed by atoms with E-state index in [-0.39, 0.29) is 10.9 Å². The lowest BCUT2D eigenvalue weighted by Crippen LogP contribution is -2.46. The van der Waals surface area contributed by atoms with Gasteiger partial charge in [-0.2, -0.15) is 0 Å².